The molecule has 2 N–H and O–H groups in total. The van der Waals surface area contributed by atoms with E-state index in [9.17, 15) is 21.6 Å². The molecule has 0 aliphatic carbocycles. The highest BCUT2D eigenvalue weighted by atomic mass is 127. The predicted octanol–water partition coefficient (Wildman–Crippen LogP) is 3.02. The zero-order valence-electron chi connectivity index (χ0n) is 15.7. The molecule has 0 aromatic carbocycles. The van der Waals surface area contributed by atoms with E-state index in [0.29, 0.717) is 35.6 Å². The number of alkyl halides is 3. The lowest BCUT2D eigenvalue weighted by Crippen LogP contribution is -2.52. The van der Waals surface area contributed by atoms with E-state index in [0.717, 1.165) is 6.42 Å². The van der Waals surface area contributed by atoms with Gasteiger partial charge >= 0.3 is 15.5 Å². The van der Waals surface area contributed by atoms with Crippen molar-refractivity contribution in [3.05, 3.63) is 22.4 Å². The lowest BCUT2D eigenvalue weighted by atomic mass is 10.1. The highest BCUT2D eigenvalue weighted by Crippen LogP contribution is 2.28. The SMILES string of the molecule is CN=C(NCC(C)Cc1cccs1)NC1CCN(S(=O)(=O)C(F)(F)F)CC1.I. The standard InChI is InChI=1S/C16H25F3N4O2S2.HI/c1-12(10-14-4-3-9-26-14)11-21-15(20-2)22-13-5-7-23(8-6-13)27(24,25)16(17,18)19;/h3-4,9,12-13H,5-8,10-11H2,1-2H3,(H2,20,21,22);1H. The molecule has 1 aromatic rings. The second-order valence-electron chi connectivity index (χ2n) is 6.61. The van der Waals surface area contributed by atoms with Crippen LogP contribution in [0.4, 0.5) is 13.2 Å². The Morgan fingerprint density at radius 3 is 2.54 bits per heavy atom. The molecule has 0 amide bonds. The lowest BCUT2D eigenvalue weighted by molar-refractivity contribution is -0.0494. The normalized spacial score (nSPS) is 18.4. The first-order chi connectivity index (χ1) is 12.6. The molecule has 1 aliphatic heterocycles. The van der Waals surface area contributed by atoms with E-state index in [1.165, 1.54) is 4.88 Å². The number of rotatable bonds is 6. The van der Waals surface area contributed by atoms with Crippen LogP contribution in [0.1, 0.15) is 24.6 Å². The summed E-state index contributed by atoms with van der Waals surface area (Å²) in [5, 5.41) is 8.44. The fraction of sp³-hybridized carbons (Fsp3) is 0.688. The number of halogens is 4. The number of guanidine groups is 1. The smallest absolute Gasteiger partial charge is 0.356 e. The molecule has 2 rings (SSSR count). The fourth-order valence-corrected chi connectivity index (χ4v) is 4.74. The Hall–Kier alpha value is -0.600. The van der Waals surface area contributed by atoms with E-state index in [4.69, 9.17) is 0 Å². The van der Waals surface area contributed by atoms with E-state index in [-0.39, 0.29) is 43.1 Å². The number of thiophene rings is 1. The number of nitrogens with one attached hydrogen (secondary N) is 2. The molecule has 1 saturated heterocycles. The maximum Gasteiger partial charge on any atom is 0.511 e. The highest BCUT2D eigenvalue weighted by Gasteiger charge is 2.50. The summed E-state index contributed by atoms with van der Waals surface area (Å²) in [6.45, 7) is 2.51. The molecule has 2 heterocycles. The number of hydrogen-bond donors (Lipinski definition) is 2. The summed E-state index contributed by atoms with van der Waals surface area (Å²) in [4.78, 5) is 5.45. The first kappa shape index (κ1) is 25.4. The molecule has 0 spiro atoms. The summed E-state index contributed by atoms with van der Waals surface area (Å²) in [6.07, 6.45) is 1.54. The van der Waals surface area contributed by atoms with Gasteiger partial charge in [0, 0.05) is 37.6 Å². The first-order valence-electron chi connectivity index (χ1n) is 8.69. The van der Waals surface area contributed by atoms with Gasteiger partial charge in [0.05, 0.1) is 0 Å². The summed E-state index contributed by atoms with van der Waals surface area (Å²) >= 11 is 1.72. The van der Waals surface area contributed by atoms with Crippen molar-refractivity contribution in [2.45, 2.75) is 37.7 Å². The van der Waals surface area contributed by atoms with Gasteiger partial charge in [0.2, 0.25) is 0 Å². The Morgan fingerprint density at radius 1 is 1.39 bits per heavy atom. The van der Waals surface area contributed by atoms with Gasteiger partial charge < -0.3 is 10.6 Å². The van der Waals surface area contributed by atoms with Crippen LogP contribution in [0.2, 0.25) is 0 Å². The Balaban J connectivity index is 0.00000392. The van der Waals surface area contributed by atoms with Crippen LogP contribution < -0.4 is 10.6 Å². The molecule has 0 bridgehead atoms. The average Bonchev–Trinajstić information content (AvgIpc) is 3.11. The van der Waals surface area contributed by atoms with Crippen LogP contribution in [0.5, 0.6) is 0 Å². The largest absolute Gasteiger partial charge is 0.511 e. The molecular formula is C16H26F3IN4O2S2. The minimum atomic E-state index is -5.25. The van der Waals surface area contributed by atoms with E-state index < -0.39 is 15.5 Å². The van der Waals surface area contributed by atoms with Gasteiger partial charge in [-0.3, -0.25) is 4.99 Å². The quantitative estimate of drug-likeness (QED) is 0.322. The second-order valence-corrected chi connectivity index (χ2v) is 9.57. The molecule has 0 radical (unpaired) electrons. The van der Waals surface area contributed by atoms with Crippen molar-refractivity contribution in [3.63, 3.8) is 0 Å². The lowest BCUT2D eigenvalue weighted by Gasteiger charge is -2.32. The third-order valence-corrected chi connectivity index (χ3v) is 6.93. The Bertz CT molecular complexity index is 719. The van der Waals surface area contributed by atoms with Crippen LogP contribution in [0.3, 0.4) is 0 Å². The number of aliphatic imine (C=N–C) groups is 1. The third kappa shape index (κ3) is 7.02. The van der Waals surface area contributed by atoms with Crippen molar-refractivity contribution in [2.24, 2.45) is 10.9 Å². The van der Waals surface area contributed by atoms with Gasteiger partial charge in [0.1, 0.15) is 0 Å². The second kappa shape index (κ2) is 11.0. The molecule has 1 fully saturated rings. The highest BCUT2D eigenvalue weighted by molar-refractivity contribution is 14.0. The molecule has 28 heavy (non-hydrogen) atoms. The van der Waals surface area contributed by atoms with Gasteiger partial charge in [0.25, 0.3) is 0 Å². The molecule has 1 aliphatic rings. The van der Waals surface area contributed by atoms with Crippen LogP contribution in [-0.2, 0) is 16.4 Å². The molecule has 12 heteroatoms. The fourth-order valence-electron chi connectivity index (χ4n) is 2.89. The van der Waals surface area contributed by atoms with Crippen LogP contribution in [0.25, 0.3) is 0 Å². The summed E-state index contributed by atoms with van der Waals surface area (Å²) in [5.41, 5.74) is -5.25. The van der Waals surface area contributed by atoms with Crippen molar-refractivity contribution in [2.75, 3.05) is 26.7 Å². The van der Waals surface area contributed by atoms with E-state index >= 15 is 0 Å². The van der Waals surface area contributed by atoms with Gasteiger partial charge in [-0.2, -0.15) is 17.5 Å². The number of hydrogen-bond acceptors (Lipinski definition) is 4. The van der Waals surface area contributed by atoms with Gasteiger partial charge in [0.15, 0.2) is 5.96 Å². The Kier molecular flexibility index (Phi) is 9.97. The number of piperidine rings is 1. The van der Waals surface area contributed by atoms with Crippen LogP contribution >= 0.6 is 35.3 Å². The minimum Gasteiger partial charge on any atom is -0.356 e. The molecule has 1 atom stereocenters. The van der Waals surface area contributed by atoms with Crippen LogP contribution in [0, 0.1) is 5.92 Å². The van der Waals surface area contributed by atoms with Crippen molar-refractivity contribution < 1.29 is 21.6 Å². The topological polar surface area (TPSA) is 73.8 Å². The number of sulfonamides is 1. The molecule has 1 aromatic heterocycles. The van der Waals surface area contributed by atoms with Gasteiger partial charge in [-0.05, 0) is 36.6 Å². The van der Waals surface area contributed by atoms with Crippen molar-refractivity contribution in [3.8, 4) is 0 Å². The summed E-state index contributed by atoms with van der Waals surface area (Å²) in [7, 11) is -3.62. The zero-order chi connectivity index (χ0) is 20.1. The molecular weight excluding hydrogens is 528 g/mol. The molecule has 0 saturated carbocycles. The Labute approximate surface area is 185 Å². The van der Waals surface area contributed by atoms with Crippen molar-refractivity contribution in [1.29, 1.82) is 0 Å². The first-order valence-corrected chi connectivity index (χ1v) is 11.0. The van der Waals surface area contributed by atoms with Crippen LogP contribution in [0.15, 0.2) is 22.5 Å². The monoisotopic (exact) mass is 554 g/mol. The summed E-state index contributed by atoms with van der Waals surface area (Å²) < 4.78 is 61.2. The molecule has 6 nitrogen and oxygen atoms in total. The number of nitrogens with zero attached hydrogens (tertiary/aromatic N) is 2. The summed E-state index contributed by atoms with van der Waals surface area (Å²) in [5.74, 6) is 0.964. The van der Waals surface area contributed by atoms with Crippen molar-refractivity contribution >= 4 is 51.3 Å². The average molecular weight is 554 g/mol. The third-order valence-electron chi connectivity index (χ3n) is 4.40. The minimum absolute atomic E-state index is 0. The summed E-state index contributed by atoms with van der Waals surface area (Å²) in [6, 6.07) is 3.99. The zero-order valence-corrected chi connectivity index (χ0v) is 19.7. The van der Waals surface area contributed by atoms with Crippen LogP contribution in [-0.4, -0.2) is 56.9 Å². The van der Waals surface area contributed by atoms with Crippen molar-refractivity contribution in [1.82, 2.24) is 14.9 Å². The van der Waals surface area contributed by atoms with Gasteiger partial charge in [-0.15, -0.1) is 35.3 Å². The van der Waals surface area contributed by atoms with E-state index in [2.05, 4.69) is 28.6 Å². The van der Waals surface area contributed by atoms with E-state index in [1.807, 2.05) is 11.4 Å². The Morgan fingerprint density at radius 2 is 2.04 bits per heavy atom. The predicted molar refractivity (Wildman–Crippen MR) is 117 cm³/mol. The van der Waals surface area contributed by atoms with Gasteiger partial charge in [-0.1, -0.05) is 13.0 Å². The van der Waals surface area contributed by atoms with Gasteiger partial charge in [-0.25, -0.2) is 8.42 Å². The molecule has 162 valence electrons. The maximum absolute atomic E-state index is 12.6. The molecule has 1 unspecified atom stereocenters. The van der Waals surface area contributed by atoms with E-state index in [1.54, 1.807) is 18.4 Å². The maximum atomic E-state index is 12.6.